The fourth-order valence-electron chi connectivity index (χ4n) is 1.62. The molecular weight excluding hydrogens is 300 g/mol. The minimum absolute atomic E-state index is 0.101. The van der Waals surface area contributed by atoms with E-state index in [9.17, 15) is 13.2 Å². The summed E-state index contributed by atoms with van der Waals surface area (Å²) in [5, 5.41) is 3.18. The summed E-state index contributed by atoms with van der Waals surface area (Å²) in [4.78, 5) is 11.2. The van der Waals surface area contributed by atoms with Crippen molar-refractivity contribution in [2.45, 2.75) is 19.9 Å². The molecule has 1 aromatic rings. The molecule has 112 valence electrons. The van der Waals surface area contributed by atoms with Gasteiger partial charge in [-0.3, -0.25) is 4.79 Å². The topological polar surface area (TPSA) is 66.5 Å². The van der Waals surface area contributed by atoms with Crippen LogP contribution in [0.25, 0.3) is 0 Å². The van der Waals surface area contributed by atoms with Crippen molar-refractivity contribution in [3.8, 4) is 0 Å². The second-order valence-electron chi connectivity index (χ2n) is 4.39. The number of hydrogen-bond acceptors (Lipinski definition) is 3. The molecule has 0 unspecified atom stereocenters. The van der Waals surface area contributed by atoms with Gasteiger partial charge in [0.05, 0.1) is 6.26 Å². The Morgan fingerprint density at radius 2 is 2.00 bits per heavy atom. The van der Waals surface area contributed by atoms with Gasteiger partial charge >= 0.3 is 0 Å². The van der Waals surface area contributed by atoms with Crippen LogP contribution < -0.4 is 5.32 Å². The second kappa shape index (κ2) is 7.61. The number of nitrogens with zero attached hydrogens (tertiary/aromatic N) is 1. The third-order valence-electron chi connectivity index (χ3n) is 2.78. The predicted octanol–water partition coefficient (Wildman–Crippen LogP) is 1.63. The Morgan fingerprint density at radius 3 is 2.55 bits per heavy atom. The zero-order valence-corrected chi connectivity index (χ0v) is 13.2. The summed E-state index contributed by atoms with van der Waals surface area (Å²) >= 11 is 6.03. The van der Waals surface area contributed by atoms with Crippen molar-refractivity contribution in [1.29, 1.82) is 0 Å². The fourth-order valence-corrected chi connectivity index (χ4v) is 2.62. The van der Waals surface area contributed by atoms with Crippen LogP contribution >= 0.6 is 11.6 Å². The number of benzene rings is 1. The summed E-state index contributed by atoms with van der Waals surface area (Å²) in [5.74, 6) is -0.101. The first kappa shape index (κ1) is 16.9. The van der Waals surface area contributed by atoms with Gasteiger partial charge in [0.15, 0.2) is 0 Å². The van der Waals surface area contributed by atoms with E-state index in [4.69, 9.17) is 11.6 Å². The molecule has 0 saturated heterocycles. The molecular formula is C13H19ClN2O3S. The van der Waals surface area contributed by atoms with Gasteiger partial charge in [0.25, 0.3) is 0 Å². The largest absolute Gasteiger partial charge is 0.355 e. The smallest absolute Gasteiger partial charge is 0.219 e. The molecule has 0 atom stereocenters. The van der Waals surface area contributed by atoms with Crippen LogP contribution in [0, 0.1) is 0 Å². The van der Waals surface area contributed by atoms with Crippen LogP contribution in [0.15, 0.2) is 24.3 Å². The highest BCUT2D eigenvalue weighted by molar-refractivity contribution is 7.88. The van der Waals surface area contributed by atoms with Gasteiger partial charge in [0, 0.05) is 31.1 Å². The van der Waals surface area contributed by atoms with E-state index in [1.165, 1.54) is 4.31 Å². The maximum Gasteiger partial charge on any atom is 0.219 e. The van der Waals surface area contributed by atoms with Crippen LogP contribution in [0.1, 0.15) is 18.9 Å². The third kappa shape index (κ3) is 5.48. The molecule has 20 heavy (non-hydrogen) atoms. The predicted molar refractivity (Wildman–Crippen MR) is 80.0 cm³/mol. The summed E-state index contributed by atoms with van der Waals surface area (Å²) in [7, 11) is -3.36. The minimum Gasteiger partial charge on any atom is -0.355 e. The lowest BCUT2D eigenvalue weighted by Crippen LogP contribution is -2.37. The van der Waals surface area contributed by atoms with E-state index in [-0.39, 0.29) is 25.5 Å². The van der Waals surface area contributed by atoms with E-state index in [1.54, 1.807) is 31.2 Å². The summed E-state index contributed by atoms with van der Waals surface area (Å²) in [6, 6.07) is 7.10. The Balaban J connectivity index is 2.72. The van der Waals surface area contributed by atoms with Crippen LogP contribution in [0.5, 0.6) is 0 Å². The van der Waals surface area contributed by atoms with Crippen LogP contribution in [0.3, 0.4) is 0 Å². The highest BCUT2D eigenvalue weighted by atomic mass is 35.5. The van der Waals surface area contributed by atoms with Crippen molar-refractivity contribution in [2.75, 3.05) is 19.3 Å². The number of carbonyl (C=O) groups is 1. The molecule has 0 aromatic heterocycles. The highest BCUT2D eigenvalue weighted by Gasteiger charge is 2.18. The molecule has 0 radical (unpaired) electrons. The van der Waals surface area contributed by atoms with Crippen molar-refractivity contribution in [2.24, 2.45) is 0 Å². The number of rotatable bonds is 7. The van der Waals surface area contributed by atoms with Crippen molar-refractivity contribution in [3.05, 3.63) is 34.9 Å². The molecule has 0 fully saturated rings. The summed E-state index contributed by atoms with van der Waals surface area (Å²) < 4.78 is 24.8. The number of amides is 1. The molecule has 0 saturated carbocycles. The van der Waals surface area contributed by atoms with Crippen molar-refractivity contribution in [3.63, 3.8) is 0 Å². The zero-order chi connectivity index (χ0) is 15.2. The Hall–Kier alpha value is -1.11. The van der Waals surface area contributed by atoms with E-state index in [1.807, 2.05) is 0 Å². The first-order chi connectivity index (χ1) is 9.34. The number of carbonyl (C=O) groups excluding carboxylic acids is 1. The molecule has 0 spiro atoms. The normalized spacial score (nSPS) is 11.6. The third-order valence-corrected chi connectivity index (χ3v) is 4.40. The Morgan fingerprint density at radius 1 is 1.35 bits per heavy atom. The molecule has 0 aliphatic heterocycles. The van der Waals surface area contributed by atoms with Crippen molar-refractivity contribution in [1.82, 2.24) is 9.62 Å². The number of sulfonamides is 1. The molecule has 5 nitrogen and oxygen atoms in total. The van der Waals surface area contributed by atoms with Gasteiger partial charge in [-0.15, -0.1) is 0 Å². The number of halogens is 1. The van der Waals surface area contributed by atoms with E-state index in [0.29, 0.717) is 11.4 Å². The summed E-state index contributed by atoms with van der Waals surface area (Å²) in [6.45, 7) is 2.44. The van der Waals surface area contributed by atoms with E-state index >= 15 is 0 Å². The van der Waals surface area contributed by atoms with Crippen LogP contribution in [-0.4, -0.2) is 38.0 Å². The van der Waals surface area contributed by atoms with E-state index in [2.05, 4.69) is 5.32 Å². The number of nitrogens with one attached hydrogen (secondary N) is 1. The van der Waals surface area contributed by atoms with Gasteiger partial charge in [-0.2, -0.15) is 4.31 Å². The fraction of sp³-hybridized carbons (Fsp3) is 0.462. The molecule has 0 aliphatic rings. The maximum atomic E-state index is 11.8. The van der Waals surface area contributed by atoms with Crippen molar-refractivity contribution < 1.29 is 13.2 Å². The average molecular weight is 319 g/mol. The maximum absolute atomic E-state index is 11.8. The second-order valence-corrected chi connectivity index (χ2v) is 6.78. The molecule has 0 heterocycles. The SMILES string of the molecule is CCC(=O)NCCN(Cc1ccccc1Cl)S(C)(=O)=O. The Labute approximate surface area is 125 Å². The molecule has 0 aliphatic carbocycles. The lowest BCUT2D eigenvalue weighted by molar-refractivity contribution is -0.120. The summed E-state index contributed by atoms with van der Waals surface area (Å²) in [6.07, 6.45) is 1.52. The van der Waals surface area contributed by atoms with Gasteiger partial charge < -0.3 is 5.32 Å². The van der Waals surface area contributed by atoms with Gasteiger partial charge in [0.1, 0.15) is 0 Å². The number of hydrogen-bond donors (Lipinski definition) is 1. The van der Waals surface area contributed by atoms with E-state index < -0.39 is 10.0 Å². The van der Waals surface area contributed by atoms with Gasteiger partial charge in [0.2, 0.25) is 15.9 Å². The van der Waals surface area contributed by atoms with Gasteiger partial charge in [-0.1, -0.05) is 36.7 Å². The monoisotopic (exact) mass is 318 g/mol. The lowest BCUT2D eigenvalue weighted by atomic mass is 10.2. The van der Waals surface area contributed by atoms with E-state index in [0.717, 1.165) is 11.8 Å². The molecule has 0 bridgehead atoms. The van der Waals surface area contributed by atoms with Gasteiger partial charge in [-0.25, -0.2) is 8.42 Å². The molecule has 1 rings (SSSR count). The quantitative estimate of drug-likeness (QED) is 0.831. The van der Waals surface area contributed by atoms with Crippen LogP contribution in [0.2, 0.25) is 5.02 Å². The van der Waals surface area contributed by atoms with Crippen LogP contribution in [-0.2, 0) is 21.4 Å². The van der Waals surface area contributed by atoms with Crippen LogP contribution in [0.4, 0.5) is 0 Å². The molecule has 1 N–H and O–H groups in total. The first-order valence-electron chi connectivity index (χ1n) is 6.29. The molecule has 7 heteroatoms. The zero-order valence-electron chi connectivity index (χ0n) is 11.6. The Bertz CT molecular complexity index is 560. The van der Waals surface area contributed by atoms with Gasteiger partial charge in [-0.05, 0) is 11.6 Å². The summed E-state index contributed by atoms with van der Waals surface area (Å²) in [5.41, 5.74) is 0.737. The average Bonchev–Trinajstić information content (AvgIpc) is 2.38. The first-order valence-corrected chi connectivity index (χ1v) is 8.52. The van der Waals surface area contributed by atoms with Crippen molar-refractivity contribution >= 4 is 27.5 Å². The molecule has 1 aromatic carbocycles. The highest BCUT2D eigenvalue weighted by Crippen LogP contribution is 2.18. The standard InChI is InChI=1S/C13H19ClN2O3S/c1-3-13(17)15-8-9-16(20(2,18)19)10-11-6-4-5-7-12(11)14/h4-7H,3,8-10H2,1-2H3,(H,15,17). The lowest BCUT2D eigenvalue weighted by Gasteiger charge is -2.20. The molecule has 1 amide bonds. The minimum atomic E-state index is -3.36. The Kier molecular flexibility index (Phi) is 6.45.